The van der Waals surface area contributed by atoms with Gasteiger partial charge in [0.25, 0.3) is 0 Å². The predicted molar refractivity (Wildman–Crippen MR) is 71.6 cm³/mol. The number of hydrogen-bond acceptors (Lipinski definition) is 2. The molecule has 0 radical (unpaired) electrons. The van der Waals surface area contributed by atoms with Crippen molar-refractivity contribution in [1.29, 1.82) is 0 Å². The fourth-order valence-corrected chi connectivity index (χ4v) is 1.52. The largest absolute Gasteiger partial charge is 0.493 e. The third-order valence-electron chi connectivity index (χ3n) is 2.23. The van der Waals surface area contributed by atoms with Crippen LogP contribution < -0.4 is 10.5 Å². The Balaban J connectivity index is 0.00000225. The van der Waals surface area contributed by atoms with E-state index >= 15 is 0 Å². The second kappa shape index (κ2) is 7.53. The lowest BCUT2D eigenvalue weighted by atomic mass is 10.0. The van der Waals surface area contributed by atoms with Crippen molar-refractivity contribution in [2.75, 3.05) is 6.61 Å². The summed E-state index contributed by atoms with van der Waals surface area (Å²) >= 11 is 0. The van der Waals surface area contributed by atoms with Gasteiger partial charge in [-0.15, -0.1) is 12.4 Å². The lowest BCUT2D eigenvalue weighted by Crippen LogP contribution is -2.18. The molecule has 0 saturated carbocycles. The van der Waals surface area contributed by atoms with Crippen LogP contribution in [0.2, 0.25) is 0 Å². The minimum absolute atomic E-state index is 0. The van der Waals surface area contributed by atoms with E-state index in [0.29, 0.717) is 0 Å². The smallest absolute Gasteiger partial charge is 0.122 e. The summed E-state index contributed by atoms with van der Waals surface area (Å²) in [6.45, 7) is 6.98. The van der Waals surface area contributed by atoms with Gasteiger partial charge in [-0.2, -0.15) is 0 Å². The number of benzene rings is 1. The van der Waals surface area contributed by atoms with Crippen LogP contribution in [0.3, 0.4) is 0 Å². The lowest BCUT2D eigenvalue weighted by Gasteiger charge is -2.13. The highest BCUT2D eigenvalue weighted by Crippen LogP contribution is 2.21. The molecule has 16 heavy (non-hydrogen) atoms. The molecule has 3 heteroatoms. The fraction of sp³-hybridized carbons (Fsp3) is 0.538. The van der Waals surface area contributed by atoms with Gasteiger partial charge in [0, 0.05) is 6.04 Å². The Morgan fingerprint density at radius 3 is 2.62 bits per heavy atom. The highest BCUT2D eigenvalue weighted by Gasteiger charge is 2.06. The first-order valence-corrected chi connectivity index (χ1v) is 5.61. The van der Waals surface area contributed by atoms with Gasteiger partial charge in [0.05, 0.1) is 6.61 Å². The van der Waals surface area contributed by atoms with E-state index in [2.05, 4.69) is 32.0 Å². The maximum atomic E-state index is 5.80. The number of nitrogens with two attached hydrogens (primary N) is 1. The van der Waals surface area contributed by atoms with Crippen LogP contribution >= 0.6 is 12.4 Å². The van der Waals surface area contributed by atoms with E-state index in [1.165, 1.54) is 11.1 Å². The highest BCUT2D eigenvalue weighted by atomic mass is 35.5. The Labute approximate surface area is 105 Å². The number of ether oxygens (including phenoxy) is 1. The Morgan fingerprint density at radius 1 is 1.38 bits per heavy atom. The quantitative estimate of drug-likeness (QED) is 0.863. The molecule has 1 aromatic rings. The molecule has 0 aliphatic heterocycles. The van der Waals surface area contributed by atoms with Gasteiger partial charge in [0.2, 0.25) is 0 Å². The van der Waals surface area contributed by atoms with Crippen LogP contribution in [0.25, 0.3) is 0 Å². The molecule has 0 saturated heterocycles. The number of halogens is 1. The van der Waals surface area contributed by atoms with Gasteiger partial charge >= 0.3 is 0 Å². The summed E-state index contributed by atoms with van der Waals surface area (Å²) in [5.41, 5.74) is 8.25. The van der Waals surface area contributed by atoms with Gasteiger partial charge in [-0.05, 0) is 43.9 Å². The number of aryl methyl sites for hydroxylation is 1. The lowest BCUT2D eigenvalue weighted by molar-refractivity contribution is 0.313. The average molecular weight is 244 g/mol. The minimum Gasteiger partial charge on any atom is -0.493 e. The van der Waals surface area contributed by atoms with Crippen LogP contribution in [0.5, 0.6) is 5.75 Å². The van der Waals surface area contributed by atoms with Gasteiger partial charge in [-0.1, -0.05) is 19.1 Å². The Bertz CT molecular complexity index is 313. The van der Waals surface area contributed by atoms with Crippen molar-refractivity contribution in [2.45, 2.75) is 39.7 Å². The molecule has 2 N–H and O–H groups in total. The first kappa shape index (κ1) is 15.3. The molecule has 1 aromatic carbocycles. The zero-order valence-electron chi connectivity index (χ0n) is 10.3. The summed E-state index contributed by atoms with van der Waals surface area (Å²) in [6.07, 6.45) is 1.91. The molecule has 2 nitrogen and oxygen atoms in total. The highest BCUT2D eigenvalue weighted by molar-refractivity contribution is 5.85. The SMILES string of the molecule is CCCOc1cc(C)ccc1CC(C)N.Cl. The van der Waals surface area contributed by atoms with Crippen molar-refractivity contribution in [3.05, 3.63) is 29.3 Å². The maximum absolute atomic E-state index is 5.80. The molecule has 0 aliphatic carbocycles. The normalized spacial score (nSPS) is 11.8. The maximum Gasteiger partial charge on any atom is 0.122 e. The standard InChI is InChI=1S/C13H21NO.ClH/c1-4-7-15-13-8-10(2)5-6-12(13)9-11(3)14;/h5-6,8,11H,4,7,9,14H2,1-3H3;1H. The molecule has 0 amide bonds. The molecule has 0 spiro atoms. The van der Waals surface area contributed by atoms with Crippen molar-refractivity contribution < 1.29 is 4.74 Å². The van der Waals surface area contributed by atoms with Crippen LogP contribution in [0.4, 0.5) is 0 Å². The minimum atomic E-state index is 0. The zero-order valence-corrected chi connectivity index (χ0v) is 11.1. The molecule has 0 bridgehead atoms. The topological polar surface area (TPSA) is 35.2 Å². The van der Waals surface area contributed by atoms with Gasteiger partial charge in [-0.3, -0.25) is 0 Å². The Kier molecular flexibility index (Phi) is 7.18. The van der Waals surface area contributed by atoms with Crippen molar-refractivity contribution >= 4 is 12.4 Å². The van der Waals surface area contributed by atoms with E-state index in [1.807, 2.05) is 6.92 Å². The van der Waals surface area contributed by atoms with E-state index in [-0.39, 0.29) is 18.4 Å². The van der Waals surface area contributed by atoms with Crippen molar-refractivity contribution in [3.8, 4) is 5.75 Å². The van der Waals surface area contributed by atoms with E-state index in [1.54, 1.807) is 0 Å². The first-order chi connectivity index (χ1) is 7.13. The fourth-order valence-electron chi connectivity index (χ4n) is 1.52. The zero-order chi connectivity index (χ0) is 11.3. The van der Waals surface area contributed by atoms with E-state index in [0.717, 1.165) is 25.2 Å². The molecule has 1 unspecified atom stereocenters. The molecule has 0 heterocycles. The van der Waals surface area contributed by atoms with Crippen LogP contribution in [-0.2, 0) is 6.42 Å². The van der Waals surface area contributed by atoms with Gasteiger partial charge < -0.3 is 10.5 Å². The van der Waals surface area contributed by atoms with Crippen LogP contribution in [-0.4, -0.2) is 12.6 Å². The molecule has 0 aromatic heterocycles. The van der Waals surface area contributed by atoms with Crippen molar-refractivity contribution in [2.24, 2.45) is 5.73 Å². The van der Waals surface area contributed by atoms with Gasteiger partial charge in [0.15, 0.2) is 0 Å². The summed E-state index contributed by atoms with van der Waals surface area (Å²) in [5, 5.41) is 0. The Morgan fingerprint density at radius 2 is 2.06 bits per heavy atom. The summed E-state index contributed by atoms with van der Waals surface area (Å²) in [4.78, 5) is 0. The molecule has 0 aliphatic rings. The van der Waals surface area contributed by atoms with E-state index in [4.69, 9.17) is 10.5 Å². The van der Waals surface area contributed by atoms with Crippen molar-refractivity contribution in [1.82, 2.24) is 0 Å². The second-order valence-corrected chi connectivity index (χ2v) is 4.14. The average Bonchev–Trinajstić information content (AvgIpc) is 2.18. The van der Waals surface area contributed by atoms with Crippen LogP contribution in [0.1, 0.15) is 31.4 Å². The molecular formula is C13H22ClNO. The van der Waals surface area contributed by atoms with E-state index < -0.39 is 0 Å². The molecule has 1 rings (SSSR count). The number of rotatable bonds is 5. The predicted octanol–water partition coefficient (Wildman–Crippen LogP) is 3.10. The molecule has 0 fully saturated rings. The summed E-state index contributed by atoms with van der Waals surface area (Å²) in [6, 6.07) is 6.49. The Hall–Kier alpha value is -0.730. The second-order valence-electron chi connectivity index (χ2n) is 4.14. The third-order valence-corrected chi connectivity index (χ3v) is 2.23. The van der Waals surface area contributed by atoms with Crippen LogP contribution in [0.15, 0.2) is 18.2 Å². The number of hydrogen-bond donors (Lipinski definition) is 1. The molecule has 92 valence electrons. The van der Waals surface area contributed by atoms with Gasteiger partial charge in [0.1, 0.15) is 5.75 Å². The van der Waals surface area contributed by atoms with Crippen LogP contribution in [0, 0.1) is 6.92 Å². The van der Waals surface area contributed by atoms with Crippen molar-refractivity contribution in [3.63, 3.8) is 0 Å². The third kappa shape index (κ3) is 4.86. The van der Waals surface area contributed by atoms with E-state index in [9.17, 15) is 0 Å². The summed E-state index contributed by atoms with van der Waals surface area (Å²) < 4.78 is 5.71. The first-order valence-electron chi connectivity index (χ1n) is 5.61. The molecular weight excluding hydrogens is 222 g/mol. The summed E-state index contributed by atoms with van der Waals surface area (Å²) in [7, 11) is 0. The monoisotopic (exact) mass is 243 g/mol. The summed E-state index contributed by atoms with van der Waals surface area (Å²) in [5.74, 6) is 0.995. The van der Waals surface area contributed by atoms with Gasteiger partial charge in [-0.25, -0.2) is 0 Å². The molecule has 1 atom stereocenters.